The highest BCUT2D eigenvalue weighted by Crippen LogP contribution is 2.43. The molecule has 0 amide bonds. The van der Waals surface area contributed by atoms with Gasteiger partial charge in [0.25, 0.3) is 0 Å². The molecule has 1 saturated heterocycles. The molecule has 0 saturated carbocycles. The van der Waals surface area contributed by atoms with Crippen molar-refractivity contribution in [3.8, 4) is 0 Å². The molecular formula is C14H22O6Si. The lowest BCUT2D eigenvalue weighted by atomic mass is 9.86. The molecule has 3 unspecified atom stereocenters. The lowest BCUT2D eigenvalue weighted by Gasteiger charge is -2.36. The Morgan fingerprint density at radius 2 is 1.62 bits per heavy atom. The Morgan fingerprint density at radius 1 is 1.05 bits per heavy atom. The van der Waals surface area contributed by atoms with Gasteiger partial charge in [-0.05, 0) is 27.2 Å². The number of fused-ring (bicyclic) bond motifs is 1. The largest absolute Gasteiger partial charge is 0.508 e. The van der Waals surface area contributed by atoms with Crippen LogP contribution in [0.1, 0.15) is 27.2 Å². The van der Waals surface area contributed by atoms with Crippen LogP contribution < -0.4 is 0 Å². The lowest BCUT2D eigenvalue weighted by molar-refractivity contribution is -0.153. The number of esters is 2. The van der Waals surface area contributed by atoms with Crippen LogP contribution in [0, 0.1) is 11.8 Å². The molecule has 0 aromatic carbocycles. The molecule has 1 aliphatic heterocycles. The molecule has 1 heterocycles. The van der Waals surface area contributed by atoms with Crippen LogP contribution in [0.3, 0.4) is 0 Å². The third-order valence-corrected chi connectivity index (χ3v) is 7.17. The average molecular weight is 314 g/mol. The first kappa shape index (κ1) is 16.3. The summed E-state index contributed by atoms with van der Waals surface area (Å²) in [6.45, 7) is 7.11. The summed E-state index contributed by atoms with van der Waals surface area (Å²) in [4.78, 5) is 23.4. The van der Waals surface area contributed by atoms with E-state index in [1.165, 1.54) is 0 Å². The SMILES string of the molecule is CCO[Si](OCC)(OCC)C1C=CC2C(=O)OC(=O)C2C1. The van der Waals surface area contributed by atoms with E-state index in [4.69, 9.17) is 18.0 Å². The zero-order chi connectivity index (χ0) is 15.5. The molecule has 0 bridgehead atoms. The molecule has 2 aliphatic rings. The molecule has 3 atom stereocenters. The molecule has 0 aromatic heterocycles. The fraction of sp³-hybridized carbons (Fsp3) is 0.714. The fourth-order valence-electron chi connectivity index (χ4n) is 2.93. The summed E-state index contributed by atoms with van der Waals surface area (Å²) >= 11 is 0. The van der Waals surface area contributed by atoms with Crippen LogP contribution in [-0.4, -0.2) is 40.6 Å². The van der Waals surface area contributed by atoms with Crippen LogP contribution in [0.5, 0.6) is 0 Å². The first-order valence-corrected chi connectivity index (χ1v) is 9.23. The molecule has 1 aliphatic carbocycles. The van der Waals surface area contributed by atoms with Crippen LogP contribution in [-0.2, 0) is 27.6 Å². The predicted octanol–water partition coefficient (Wildman–Crippen LogP) is 1.68. The number of carbonyl (C=O) groups excluding carboxylic acids is 2. The predicted molar refractivity (Wildman–Crippen MR) is 76.2 cm³/mol. The Labute approximate surface area is 125 Å². The number of rotatable bonds is 7. The first-order valence-electron chi connectivity index (χ1n) is 7.43. The van der Waals surface area contributed by atoms with Gasteiger partial charge in [-0.1, -0.05) is 12.2 Å². The standard InChI is InChI=1S/C14H22O6Si/c1-4-17-21(18-5-2,19-6-3)10-7-8-11-12(9-10)14(16)20-13(11)15/h7-8,10-12H,4-6,9H2,1-3H3. The number of hydrogen-bond donors (Lipinski definition) is 0. The molecule has 6 nitrogen and oxygen atoms in total. The van der Waals surface area contributed by atoms with E-state index in [0.717, 1.165) is 0 Å². The van der Waals surface area contributed by atoms with Gasteiger partial charge in [0.15, 0.2) is 0 Å². The summed E-state index contributed by atoms with van der Waals surface area (Å²) < 4.78 is 22.3. The summed E-state index contributed by atoms with van der Waals surface area (Å²) in [5, 5.41) is 0. The number of hydrogen-bond acceptors (Lipinski definition) is 6. The second-order valence-electron chi connectivity index (χ2n) is 5.00. The van der Waals surface area contributed by atoms with Crippen LogP contribution in [0.25, 0.3) is 0 Å². The van der Waals surface area contributed by atoms with E-state index >= 15 is 0 Å². The monoisotopic (exact) mass is 314 g/mol. The van der Waals surface area contributed by atoms with E-state index in [9.17, 15) is 9.59 Å². The molecule has 0 aromatic rings. The molecule has 0 radical (unpaired) electrons. The second-order valence-corrected chi connectivity index (χ2v) is 7.82. The van der Waals surface area contributed by atoms with Gasteiger partial charge in [0, 0.05) is 25.4 Å². The van der Waals surface area contributed by atoms with Gasteiger partial charge in [0.1, 0.15) is 0 Å². The number of cyclic esters (lactones) is 2. The highest BCUT2D eigenvalue weighted by Gasteiger charge is 2.54. The summed E-state index contributed by atoms with van der Waals surface area (Å²) in [6.07, 6.45) is 4.11. The van der Waals surface area contributed by atoms with Crippen molar-refractivity contribution in [3.05, 3.63) is 12.2 Å². The van der Waals surface area contributed by atoms with Crippen LogP contribution in [0.2, 0.25) is 5.54 Å². The maximum atomic E-state index is 11.8. The van der Waals surface area contributed by atoms with Crippen molar-refractivity contribution < 1.29 is 27.6 Å². The van der Waals surface area contributed by atoms with Gasteiger partial charge in [-0.3, -0.25) is 9.59 Å². The van der Waals surface area contributed by atoms with E-state index < -0.39 is 32.6 Å². The molecule has 2 rings (SSSR count). The molecule has 1 fully saturated rings. The third-order valence-electron chi connectivity index (χ3n) is 3.76. The minimum Gasteiger partial charge on any atom is -0.392 e. The van der Waals surface area contributed by atoms with E-state index in [1.807, 2.05) is 26.8 Å². The summed E-state index contributed by atoms with van der Waals surface area (Å²) in [7, 11) is -2.91. The maximum absolute atomic E-state index is 11.8. The van der Waals surface area contributed by atoms with Gasteiger partial charge in [-0.15, -0.1) is 0 Å². The zero-order valence-corrected chi connectivity index (χ0v) is 13.7. The Hall–Kier alpha value is -1.02. The third kappa shape index (κ3) is 3.10. The van der Waals surface area contributed by atoms with Gasteiger partial charge in [0.2, 0.25) is 0 Å². The highest BCUT2D eigenvalue weighted by atomic mass is 28.4. The van der Waals surface area contributed by atoms with Gasteiger partial charge in [-0.2, -0.15) is 0 Å². The Balaban J connectivity index is 2.25. The van der Waals surface area contributed by atoms with Gasteiger partial charge < -0.3 is 18.0 Å². The van der Waals surface area contributed by atoms with Crippen molar-refractivity contribution >= 4 is 20.7 Å². The second kappa shape index (κ2) is 6.82. The van der Waals surface area contributed by atoms with E-state index in [2.05, 4.69) is 0 Å². The van der Waals surface area contributed by atoms with E-state index in [0.29, 0.717) is 26.2 Å². The molecule has 21 heavy (non-hydrogen) atoms. The number of allylic oxidation sites excluding steroid dienone is 1. The minimum absolute atomic E-state index is 0.128. The van der Waals surface area contributed by atoms with Crippen LogP contribution in [0.15, 0.2) is 12.2 Å². The van der Waals surface area contributed by atoms with Crippen molar-refractivity contribution in [3.63, 3.8) is 0 Å². The smallest absolute Gasteiger partial charge is 0.392 e. The van der Waals surface area contributed by atoms with E-state index in [-0.39, 0.29) is 5.54 Å². The number of carbonyl (C=O) groups is 2. The number of ether oxygens (including phenoxy) is 1. The van der Waals surface area contributed by atoms with Crippen molar-refractivity contribution in [1.82, 2.24) is 0 Å². The van der Waals surface area contributed by atoms with Gasteiger partial charge >= 0.3 is 20.7 Å². The molecule has 118 valence electrons. The topological polar surface area (TPSA) is 71.1 Å². The average Bonchev–Trinajstić information content (AvgIpc) is 2.74. The van der Waals surface area contributed by atoms with Crippen molar-refractivity contribution in [2.75, 3.05) is 19.8 Å². The quantitative estimate of drug-likeness (QED) is 0.308. The lowest BCUT2D eigenvalue weighted by Crippen LogP contribution is -2.51. The molecule has 7 heteroatoms. The van der Waals surface area contributed by atoms with Crippen LogP contribution in [0.4, 0.5) is 0 Å². The molecule has 0 spiro atoms. The normalized spacial score (nSPS) is 28.6. The fourth-order valence-corrected chi connectivity index (χ4v) is 5.92. The highest BCUT2D eigenvalue weighted by molar-refractivity contribution is 6.63. The Bertz CT molecular complexity index is 418. The first-order chi connectivity index (χ1) is 10.1. The zero-order valence-electron chi connectivity index (χ0n) is 12.7. The van der Waals surface area contributed by atoms with Crippen molar-refractivity contribution in [2.45, 2.75) is 32.7 Å². The maximum Gasteiger partial charge on any atom is 0.508 e. The minimum atomic E-state index is -2.91. The Morgan fingerprint density at radius 3 is 2.14 bits per heavy atom. The summed E-state index contributed by atoms with van der Waals surface area (Å²) in [6, 6.07) is 0. The Kier molecular flexibility index (Phi) is 5.31. The summed E-state index contributed by atoms with van der Waals surface area (Å²) in [5.41, 5.74) is -0.128. The van der Waals surface area contributed by atoms with Crippen molar-refractivity contribution in [1.29, 1.82) is 0 Å². The van der Waals surface area contributed by atoms with Crippen LogP contribution >= 0.6 is 0 Å². The van der Waals surface area contributed by atoms with Gasteiger partial charge in [-0.25, -0.2) is 0 Å². The molecule has 0 N–H and O–H groups in total. The van der Waals surface area contributed by atoms with Crippen molar-refractivity contribution in [2.24, 2.45) is 11.8 Å². The van der Waals surface area contributed by atoms with Gasteiger partial charge in [0.05, 0.1) is 11.8 Å². The molecular weight excluding hydrogens is 292 g/mol. The van der Waals surface area contributed by atoms with E-state index in [1.54, 1.807) is 6.08 Å². The summed E-state index contributed by atoms with van der Waals surface area (Å²) in [5.74, 6) is -1.82.